The van der Waals surface area contributed by atoms with E-state index in [1.54, 1.807) is 7.11 Å². The molecule has 0 bridgehead atoms. The molecule has 1 N–H and O–H groups in total. The van der Waals surface area contributed by atoms with Gasteiger partial charge in [0.25, 0.3) is 12.1 Å². The Morgan fingerprint density at radius 3 is 1.92 bits per heavy atom. The maximum Gasteiger partial charge on any atom is 0.265 e. The lowest BCUT2D eigenvalue weighted by Gasteiger charge is -2.49. The summed E-state index contributed by atoms with van der Waals surface area (Å²) in [5, 5.41) is 14.2. The molecule has 10 atom stereocenters. The van der Waals surface area contributed by atoms with Gasteiger partial charge in [0, 0.05) is 23.9 Å². The monoisotopic (exact) mass is 740 g/mol. The predicted molar refractivity (Wildman–Crippen MR) is 192 cm³/mol. The number of rotatable bonds is 10. The summed E-state index contributed by atoms with van der Waals surface area (Å²) in [7, 11) is -1.33. The molecular formula is C34H47Cl3N4O6Si. The highest BCUT2D eigenvalue weighted by Crippen LogP contribution is 2.41. The van der Waals surface area contributed by atoms with Gasteiger partial charge >= 0.3 is 0 Å². The molecule has 2 fully saturated rings. The van der Waals surface area contributed by atoms with Gasteiger partial charge in [0.1, 0.15) is 12.1 Å². The van der Waals surface area contributed by atoms with Crippen LogP contribution >= 0.6 is 34.8 Å². The van der Waals surface area contributed by atoms with Crippen LogP contribution in [0.15, 0.2) is 65.8 Å². The van der Waals surface area contributed by atoms with Crippen LogP contribution < -0.4 is 10.4 Å². The number of halogens is 3. The molecule has 10 nitrogen and oxygen atoms in total. The third-order valence-electron chi connectivity index (χ3n) is 9.69. The lowest BCUT2D eigenvalue weighted by Crippen LogP contribution is -2.68. The Hall–Kier alpha value is -1.89. The van der Waals surface area contributed by atoms with E-state index in [0.29, 0.717) is 0 Å². The Labute approximate surface area is 299 Å². The summed E-state index contributed by atoms with van der Waals surface area (Å²) in [5.74, 6) is -1.15. The largest absolute Gasteiger partial charge is 0.448 e. The first kappa shape index (κ1) is 38.9. The lowest BCUT2D eigenvalue weighted by molar-refractivity contribution is -0.316. The second-order valence-corrected chi connectivity index (χ2v) is 20.3. The van der Waals surface area contributed by atoms with Crippen molar-refractivity contribution >= 4 is 59.4 Å². The lowest BCUT2D eigenvalue weighted by atomic mass is 9.85. The first-order valence-electron chi connectivity index (χ1n) is 16.2. The molecule has 48 heavy (non-hydrogen) atoms. The summed E-state index contributed by atoms with van der Waals surface area (Å²) in [6, 6.07) is 19.6. The normalized spacial score (nSPS) is 31.5. The Morgan fingerprint density at radius 1 is 0.875 bits per heavy atom. The smallest absolute Gasteiger partial charge is 0.265 e. The van der Waals surface area contributed by atoms with Crippen LogP contribution in [0.5, 0.6) is 0 Å². The van der Waals surface area contributed by atoms with Crippen LogP contribution in [0.25, 0.3) is 10.4 Å². The number of benzene rings is 2. The van der Waals surface area contributed by atoms with Gasteiger partial charge in [-0.15, -0.1) is 0 Å². The molecule has 2 aromatic rings. The SMILES string of the molecule is COC1[C@H](C)C(C)O[C@@H](O[C@@H]2C(CO[Si](c3ccccc3)(c3ccccc3)C(C)(C)C)O[C@@H](OC(=N)C(Cl)(Cl)Cl)C(N=[N+]=[N-])[C@H]2C)[C@H]1C. The molecule has 4 rings (SSSR count). The maximum atomic E-state index is 9.56. The van der Waals surface area contributed by atoms with Crippen LogP contribution in [0, 0.1) is 23.2 Å². The standard InChI is InChI=1S/C34H47Cl3N4O6Si/c1-20-23(4)44-30(22(3)28(20)42-8)46-29-21(2)27(40-41-39)31(47-32(38)34(35,36)37)45-26(29)19-43-48(33(5,6)7,24-15-11-9-12-16-24)25-17-13-10-14-18-25/h9-18,20-23,26-31,38H,19H2,1-8H3/t20-,21-,22+,23?,26?,27?,28?,29+,30+,31+/m1/s1. The second-order valence-electron chi connectivity index (χ2n) is 13.7. The molecular weight excluding hydrogens is 695 g/mol. The Morgan fingerprint density at radius 2 is 1.44 bits per heavy atom. The minimum absolute atomic E-state index is 0.0764. The van der Waals surface area contributed by atoms with Crippen molar-refractivity contribution in [1.82, 2.24) is 0 Å². The van der Waals surface area contributed by atoms with Gasteiger partial charge in [0.15, 0.2) is 6.29 Å². The number of azide groups is 1. The van der Waals surface area contributed by atoms with E-state index in [0.717, 1.165) is 10.4 Å². The number of nitrogens with one attached hydrogen (secondary N) is 1. The molecule has 0 aliphatic carbocycles. The van der Waals surface area contributed by atoms with E-state index < -0.39 is 54.8 Å². The van der Waals surface area contributed by atoms with Crippen molar-refractivity contribution in [2.45, 2.75) is 100 Å². The van der Waals surface area contributed by atoms with E-state index >= 15 is 0 Å². The van der Waals surface area contributed by atoms with E-state index in [2.05, 4.69) is 62.0 Å². The zero-order chi connectivity index (χ0) is 35.4. The number of hydrogen-bond acceptors (Lipinski definition) is 8. The fraction of sp³-hybridized carbons (Fsp3) is 0.618. The van der Waals surface area contributed by atoms with Crippen LogP contribution in [-0.2, 0) is 28.1 Å². The summed E-state index contributed by atoms with van der Waals surface area (Å²) >= 11 is 18.0. The number of hydrogen-bond donors (Lipinski definition) is 1. The highest BCUT2D eigenvalue weighted by atomic mass is 35.6. The molecule has 0 spiro atoms. The second kappa shape index (κ2) is 16.0. The van der Waals surface area contributed by atoms with Gasteiger partial charge in [-0.05, 0) is 33.8 Å². The predicted octanol–water partition coefficient (Wildman–Crippen LogP) is 7.38. The van der Waals surface area contributed by atoms with Crippen LogP contribution in [0.3, 0.4) is 0 Å². The van der Waals surface area contributed by atoms with Crippen molar-refractivity contribution in [3.8, 4) is 0 Å². The van der Waals surface area contributed by atoms with Gasteiger partial charge in [-0.3, -0.25) is 5.41 Å². The maximum absolute atomic E-state index is 9.56. The topological polar surface area (TPSA) is 128 Å². The number of ether oxygens (including phenoxy) is 5. The molecule has 2 saturated heterocycles. The molecule has 0 radical (unpaired) electrons. The molecule has 0 saturated carbocycles. The third kappa shape index (κ3) is 8.18. The third-order valence-corrected chi connectivity index (χ3v) is 15.2. The van der Waals surface area contributed by atoms with Gasteiger partial charge < -0.3 is 28.1 Å². The van der Waals surface area contributed by atoms with Crippen molar-refractivity contribution in [2.24, 2.45) is 22.9 Å². The Bertz CT molecular complexity index is 1370. The van der Waals surface area contributed by atoms with Gasteiger partial charge in [0.05, 0.1) is 24.9 Å². The van der Waals surface area contributed by atoms with Crippen LogP contribution in [-0.4, -0.2) is 74.8 Å². The minimum atomic E-state index is -3.02. The van der Waals surface area contributed by atoms with E-state index in [1.165, 1.54) is 0 Å². The summed E-state index contributed by atoms with van der Waals surface area (Å²) in [6.45, 7) is 14.6. The fourth-order valence-corrected chi connectivity index (χ4v) is 11.7. The van der Waals surface area contributed by atoms with Crippen molar-refractivity contribution in [2.75, 3.05) is 13.7 Å². The summed E-state index contributed by atoms with van der Waals surface area (Å²) < 4.78 is 36.5. The first-order valence-corrected chi connectivity index (χ1v) is 19.2. The molecule has 2 aromatic carbocycles. The number of nitrogens with zero attached hydrogens (tertiary/aromatic N) is 3. The molecule has 264 valence electrons. The summed E-state index contributed by atoms with van der Waals surface area (Å²) in [6.07, 6.45) is -3.63. The first-order chi connectivity index (χ1) is 22.6. The highest BCUT2D eigenvalue weighted by Gasteiger charge is 2.54. The fourth-order valence-electron chi connectivity index (χ4n) is 7.03. The van der Waals surface area contributed by atoms with Crippen molar-refractivity contribution in [1.29, 1.82) is 5.41 Å². The highest BCUT2D eigenvalue weighted by molar-refractivity contribution is 6.99. The minimum Gasteiger partial charge on any atom is -0.448 e. The molecule has 0 aromatic heterocycles. The van der Waals surface area contributed by atoms with Crippen molar-refractivity contribution < 1.29 is 28.1 Å². The zero-order valence-electron chi connectivity index (χ0n) is 28.7. The quantitative estimate of drug-likeness (QED) is 0.0515. The Kier molecular flexibility index (Phi) is 12.9. The Balaban J connectivity index is 1.79. The van der Waals surface area contributed by atoms with Gasteiger partial charge in [-0.2, -0.15) is 0 Å². The van der Waals surface area contributed by atoms with Crippen LogP contribution in [0.2, 0.25) is 5.04 Å². The van der Waals surface area contributed by atoms with E-state index in [4.69, 9.17) is 68.3 Å². The average Bonchev–Trinajstić information content (AvgIpc) is 3.03. The number of methoxy groups -OCH3 is 1. The molecule has 2 aliphatic rings. The summed E-state index contributed by atoms with van der Waals surface area (Å²) in [5.41, 5.74) is 9.56. The van der Waals surface area contributed by atoms with Crippen molar-refractivity contribution in [3.63, 3.8) is 0 Å². The molecule has 0 amide bonds. The number of alkyl halides is 3. The summed E-state index contributed by atoms with van der Waals surface area (Å²) in [4.78, 5) is 3.06. The van der Waals surface area contributed by atoms with Crippen LogP contribution in [0.1, 0.15) is 48.5 Å². The zero-order valence-corrected chi connectivity index (χ0v) is 31.9. The van der Waals surface area contributed by atoms with Crippen molar-refractivity contribution in [3.05, 3.63) is 71.1 Å². The van der Waals surface area contributed by atoms with Gasteiger partial charge in [0.2, 0.25) is 12.2 Å². The average molecular weight is 742 g/mol. The van der Waals surface area contributed by atoms with Gasteiger partial charge in [-0.1, -0.05) is 142 Å². The molecule has 2 aliphatic heterocycles. The van der Waals surface area contributed by atoms with Gasteiger partial charge in [-0.25, -0.2) is 0 Å². The van der Waals surface area contributed by atoms with E-state index in [1.807, 2.05) is 57.2 Å². The van der Waals surface area contributed by atoms with E-state index in [-0.39, 0.29) is 35.7 Å². The molecule has 4 unspecified atom stereocenters. The van der Waals surface area contributed by atoms with E-state index in [9.17, 15) is 5.53 Å². The van der Waals surface area contributed by atoms with Crippen LogP contribution in [0.4, 0.5) is 0 Å². The molecule has 14 heteroatoms. The molecule has 2 heterocycles.